The summed E-state index contributed by atoms with van der Waals surface area (Å²) >= 11 is 11.3. The van der Waals surface area contributed by atoms with Crippen LogP contribution in [0, 0.1) is 11.3 Å². The van der Waals surface area contributed by atoms with Gasteiger partial charge >= 0.3 is 0 Å². The first-order valence-electron chi connectivity index (χ1n) is 4.24. The number of hydrogen-bond donors (Lipinski definition) is 1. The molecule has 0 saturated heterocycles. The molecule has 0 aliphatic carbocycles. The molecular formula is C10H7Cl2F2NO. The molecule has 0 fully saturated rings. The Hall–Kier alpha value is -0.890. The van der Waals surface area contributed by atoms with Crippen LogP contribution in [-0.4, -0.2) is 11.5 Å². The van der Waals surface area contributed by atoms with Crippen LogP contribution >= 0.6 is 23.2 Å². The number of rotatable bonds is 3. The standard InChI is InChI=1S/C10H7Cl2F2NO/c11-7-3-6(4-8(12)5-7)10(16,1-2-15)9(13)14/h3-5,9,16H,1H2. The Bertz CT molecular complexity index is 413. The monoisotopic (exact) mass is 265 g/mol. The molecule has 0 heterocycles. The third-order valence-corrected chi connectivity index (χ3v) is 2.51. The number of benzene rings is 1. The number of aliphatic hydroxyl groups is 1. The van der Waals surface area contributed by atoms with E-state index >= 15 is 0 Å². The fourth-order valence-electron chi connectivity index (χ4n) is 1.23. The van der Waals surface area contributed by atoms with E-state index in [4.69, 9.17) is 28.5 Å². The van der Waals surface area contributed by atoms with Crippen LogP contribution in [0.1, 0.15) is 12.0 Å². The first-order valence-corrected chi connectivity index (χ1v) is 5.00. The minimum atomic E-state index is -3.10. The molecule has 0 radical (unpaired) electrons. The topological polar surface area (TPSA) is 44.0 Å². The summed E-state index contributed by atoms with van der Waals surface area (Å²) in [6, 6.07) is 5.19. The van der Waals surface area contributed by atoms with Crippen molar-refractivity contribution in [2.45, 2.75) is 18.4 Å². The first kappa shape index (κ1) is 13.2. The molecule has 16 heavy (non-hydrogen) atoms. The van der Waals surface area contributed by atoms with Gasteiger partial charge < -0.3 is 5.11 Å². The molecule has 0 aliphatic rings. The maximum Gasteiger partial charge on any atom is 0.271 e. The lowest BCUT2D eigenvalue weighted by atomic mass is 9.91. The molecule has 0 saturated carbocycles. The van der Waals surface area contributed by atoms with Crippen molar-refractivity contribution in [3.8, 4) is 6.07 Å². The summed E-state index contributed by atoms with van der Waals surface area (Å²) in [5.41, 5.74) is -2.70. The molecule has 2 nitrogen and oxygen atoms in total. The molecule has 1 unspecified atom stereocenters. The van der Waals surface area contributed by atoms with Crippen molar-refractivity contribution < 1.29 is 13.9 Å². The Labute approximate surface area is 101 Å². The van der Waals surface area contributed by atoms with Crippen LogP contribution in [0.3, 0.4) is 0 Å². The Morgan fingerprint density at radius 1 is 1.31 bits per heavy atom. The summed E-state index contributed by atoms with van der Waals surface area (Å²) in [5.74, 6) is 0. The molecule has 86 valence electrons. The fraction of sp³-hybridized carbons (Fsp3) is 0.300. The zero-order valence-electron chi connectivity index (χ0n) is 7.92. The maximum absolute atomic E-state index is 12.7. The van der Waals surface area contributed by atoms with Gasteiger partial charge in [-0.3, -0.25) is 0 Å². The van der Waals surface area contributed by atoms with E-state index in [0.29, 0.717) is 0 Å². The molecule has 0 spiro atoms. The van der Waals surface area contributed by atoms with Crippen LogP contribution in [0.25, 0.3) is 0 Å². The van der Waals surface area contributed by atoms with E-state index in [2.05, 4.69) is 0 Å². The molecule has 0 aromatic heterocycles. The van der Waals surface area contributed by atoms with Gasteiger partial charge in [0.25, 0.3) is 6.43 Å². The molecule has 0 amide bonds. The van der Waals surface area contributed by atoms with Crippen molar-refractivity contribution in [2.75, 3.05) is 0 Å². The molecule has 1 N–H and O–H groups in total. The number of halogens is 4. The van der Waals surface area contributed by atoms with Crippen molar-refractivity contribution >= 4 is 23.2 Å². The normalized spacial score (nSPS) is 14.6. The second-order valence-corrected chi connectivity index (χ2v) is 4.09. The van der Waals surface area contributed by atoms with Gasteiger partial charge in [0, 0.05) is 10.0 Å². The summed E-state index contributed by atoms with van der Waals surface area (Å²) in [6.45, 7) is 0. The van der Waals surface area contributed by atoms with Gasteiger partial charge in [-0.15, -0.1) is 0 Å². The zero-order chi connectivity index (χ0) is 12.3. The van der Waals surface area contributed by atoms with Crippen LogP contribution in [0.2, 0.25) is 10.0 Å². The summed E-state index contributed by atoms with van der Waals surface area (Å²) in [7, 11) is 0. The summed E-state index contributed by atoms with van der Waals surface area (Å²) in [4.78, 5) is 0. The van der Waals surface area contributed by atoms with E-state index in [1.807, 2.05) is 0 Å². The highest BCUT2D eigenvalue weighted by molar-refractivity contribution is 6.34. The van der Waals surface area contributed by atoms with Gasteiger partial charge in [-0.1, -0.05) is 23.2 Å². The van der Waals surface area contributed by atoms with E-state index in [0.717, 1.165) is 12.1 Å². The Morgan fingerprint density at radius 2 is 1.81 bits per heavy atom. The van der Waals surface area contributed by atoms with Crippen LogP contribution in [0.4, 0.5) is 8.78 Å². The second kappa shape index (κ2) is 4.96. The van der Waals surface area contributed by atoms with Crippen molar-refractivity contribution in [3.05, 3.63) is 33.8 Å². The van der Waals surface area contributed by atoms with E-state index in [9.17, 15) is 13.9 Å². The third kappa shape index (κ3) is 2.62. The average Bonchev–Trinajstić information content (AvgIpc) is 2.16. The SMILES string of the molecule is N#CCC(O)(c1cc(Cl)cc(Cl)c1)C(F)F. The van der Waals surface area contributed by atoms with Crippen molar-refractivity contribution in [1.82, 2.24) is 0 Å². The second-order valence-electron chi connectivity index (χ2n) is 3.22. The van der Waals surface area contributed by atoms with E-state index in [1.54, 1.807) is 0 Å². The highest BCUT2D eigenvalue weighted by Gasteiger charge is 2.40. The first-order chi connectivity index (χ1) is 7.40. The maximum atomic E-state index is 12.7. The van der Waals surface area contributed by atoms with E-state index in [1.165, 1.54) is 12.1 Å². The minimum Gasteiger partial charge on any atom is -0.378 e. The Balaban J connectivity index is 3.27. The quantitative estimate of drug-likeness (QED) is 0.911. The highest BCUT2D eigenvalue weighted by Crippen LogP contribution is 2.34. The minimum absolute atomic E-state index is 0.125. The zero-order valence-corrected chi connectivity index (χ0v) is 9.43. The lowest BCUT2D eigenvalue weighted by molar-refractivity contribution is -0.0985. The lowest BCUT2D eigenvalue weighted by Gasteiger charge is -2.25. The molecule has 1 aromatic rings. The van der Waals surface area contributed by atoms with Crippen LogP contribution in [-0.2, 0) is 5.60 Å². The molecule has 1 rings (SSSR count). The lowest BCUT2D eigenvalue weighted by Crippen LogP contribution is -2.33. The molecule has 1 aromatic carbocycles. The fourth-order valence-corrected chi connectivity index (χ4v) is 1.76. The molecule has 0 aliphatic heterocycles. The highest BCUT2D eigenvalue weighted by atomic mass is 35.5. The van der Waals surface area contributed by atoms with Gasteiger partial charge in [0.05, 0.1) is 12.5 Å². The summed E-state index contributed by atoms with van der Waals surface area (Å²) < 4.78 is 25.5. The largest absolute Gasteiger partial charge is 0.378 e. The predicted octanol–water partition coefficient (Wildman–Crippen LogP) is 3.36. The predicted molar refractivity (Wildman–Crippen MR) is 56.6 cm³/mol. The van der Waals surface area contributed by atoms with Crippen LogP contribution < -0.4 is 0 Å². The number of nitrogens with zero attached hydrogens (tertiary/aromatic N) is 1. The van der Waals surface area contributed by atoms with Crippen LogP contribution in [0.5, 0.6) is 0 Å². The number of alkyl halides is 2. The van der Waals surface area contributed by atoms with Gasteiger partial charge in [-0.25, -0.2) is 8.78 Å². The van der Waals surface area contributed by atoms with Crippen molar-refractivity contribution in [1.29, 1.82) is 5.26 Å². The Kier molecular flexibility index (Phi) is 4.09. The van der Waals surface area contributed by atoms with Crippen LogP contribution in [0.15, 0.2) is 18.2 Å². The van der Waals surface area contributed by atoms with Gasteiger partial charge in [0.1, 0.15) is 0 Å². The molecule has 1 atom stereocenters. The molecule has 6 heteroatoms. The van der Waals surface area contributed by atoms with Gasteiger partial charge in [-0.05, 0) is 23.8 Å². The summed E-state index contributed by atoms with van der Waals surface area (Å²) in [5, 5.41) is 18.4. The van der Waals surface area contributed by atoms with Gasteiger partial charge in [0.15, 0.2) is 5.60 Å². The third-order valence-electron chi connectivity index (χ3n) is 2.07. The van der Waals surface area contributed by atoms with Gasteiger partial charge in [-0.2, -0.15) is 5.26 Å². The Morgan fingerprint density at radius 3 is 2.19 bits per heavy atom. The van der Waals surface area contributed by atoms with E-state index in [-0.39, 0.29) is 15.6 Å². The number of hydrogen-bond acceptors (Lipinski definition) is 2. The van der Waals surface area contributed by atoms with E-state index < -0.39 is 18.4 Å². The average molecular weight is 266 g/mol. The number of nitriles is 1. The summed E-state index contributed by atoms with van der Waals surface area (Å²) in [6.07, 6.45) is -3.83. The smallest absolute Gasteiger partial charge is 0.271 e. The van der Waals surface area contributed by atoms with Crippen molar-refractivity contribution in [3.63, 3.8) is 0 Å². The van der Waals surface area contributed by atoms with Crippen molar-refractivity contribution in [2.24, 2.45) is 0 Å². The van der Waals surface area contributed by atoms with Gasteiger partial charge in [0.2, 0.25) is 0 Å². The molecule has 0 bridgehead atoms. The molecular weight excluding hydrogens is 259 g/mol.